The molecule has 4 nitrogen and oxygen atoms in total. The highest BCUT2D eigenvalue weighted by molar-refractivity contribution is 7.14. The highest BCUT2D eigenvalue weighted by Gasteiger charge is 2.24. The van der Waals surface area contributed by atoms with Crippen LogP contribution in [0.3, 0.4) is 0 Å². The smallest absolute Gasteiger partial charge is 0.263 e. The van der Waals surface area contributed by atoms with Crippen LogP contribution in [0.25, 0.3) is 0 Å². The molecule has 2 amide bonds. The van der Waals surface area contributed by atoms with Crippen molar-refractivity contribution < 1.29 is 9.59 Å². The van der Waals surface area contributed by atoms with Gasteiger partial charge in [-0.3, -0.25) is 9.59 Å². The molecular weight excluding hydrogens is 272 g/mol. The molecule has 0 aromatic carbocycles. The largest absolute Gasteiger partial charge is 0.341 e. The van der Waals surface area contributed by atoms with Crippen LogP contribution in [0.2, 0.25) is 0 Å². The van der Waals surface area contributed by atoms with E-state index >= 15 is 0 Å². The minimum absolute atomic E-state index is 0.106. The van der Waals surface area contributed by atoms with Crippen molar-refractivity contribution in [3.8, 4) is 0 Å². The van der Waals surface area contributed by atoms with Gasteiger partial charge in [0, 0.05) is 38.0 Å². The van der Waals surface area contributed by atoms with Crippen molar-refractivity contribution >= 4 is 23.2 Å². The second-order valence-corrected chi connectivity index (χ2v) is 6.70. The van der Waals surface area contributed by atoms with E-state index in [1.807, 2.05) is 9.80 Å². The molecule has 1 aliphatic heterocycles. The fraction of sp³-hybridized carbons (Fsp3) is 0.600. The van der Waals surface area contributed by atoms with Crippen molar-refractivity contribution in [2.24, 2.45) is 0 Å². The number of aryl methyl sites for hydroxylation is 2. The number of fused-ring (bicyclic) bond motifs is 1. The van der Waals surface area contributed by atoms with Gasteiger partial charge >= 0.3 is 0 Å². The van der Waals surface area contributed by atoms with Gasteiger partial charge in [-0.1, -0.05) is 0 Å². The summed E-state index contributed by atoms with van der Waals surface area (Å²) in [6.07, 6.45) is 4.35. The molecule has 0 saturated carbocycles. The quantitative estimate of drug-likeness (QED) is 0.793. The first-order chi connectivity index (χ1) is 9.65. The predicted molar refractivity (Wildman–Crippen MR) is 79.1 cm³/mol. The lowest BCUT2D eigenvalue weighted by molar-refractivity contribution is -0.128. The average molecular weight is 292 g/mol. The van der Waals surface area contributed by atoms with Gasteiger partial charge in [-0.2, -0.15) is 0 Å². The highest BCUT2D eigenvalue weighted by Crippen LogP contribution is 2.31. The maximum atomic E-state index is 12.6. The van der Waals surface area contributed by atoms with Crippen molar-refractivity contribution in [1.82, 2.24) is 9.80 Å². The first-order valence-corrected chi connectivity index (χ1v) is 8.13. The molecule has 0 radical (unpaired) electrons. The van der Waals surface area contributed by atoms with Gasteiger partial charge in [-0.05, 0) is 37.3 Å². The maximum absolute atomic E-state index is 12.6. The van der Waals surface area contributed by atoms with E-state index in [1.54, 1.807) is 18.3 Å². The zero-order valence-corrected chi connectivity index (χ0v) is 12.7. The van der Waals surface area contributed by atoms with Gasteiger partial charge in [-0.15, -0.1) is 11.3 Å². The Morgan fingerprint density at radius 3 is 2.55 bits per heavy atom. The number of carbonyl (C=O) groups is 2. The number of thiophene rings is 1. The van der Waals surface area contributed by atoms with Crippen molar-refractivity contribution in [2.45, 2.75) is 32.6 Å². The molecule has 1 fully saturated rings. The van der Waals surface area contributed by atoms with Gasteiger partial charge in [0.15, 0.2) is 0 Å². The molecule has 2 aliphatic rings. The third-order valence-corrected chi connectivity index (χ3v) is 5.41. The van der Waals surface area contributed by atoms with Crippen LogP contribution in [-0.4, -0.2) is 47.8 Å². The van der Waals surface area contributed by atoms with Gasteiger partial charge in [0.1, 0.15) is 0 Å². The monoisotopic (exact) mass is 292 g/mol. The zero-order valence-electron chi connectivity index (χ0n) is 11.9. The molecule has 1 saturated heterocycles. The predicted octanol–water partition coefficient (Wildman–Crippen LogP) is 1.93. The molecule has 108 valence electrons. The van der Waals surface area contributed by atoms with E-state index < -0.39 is 0 Å². The Labute approximate surface area is 123 Å². The zero-order chi connectivity index (χ0) is 14.1. The van der Waals surface area contributed by atoms with E-state index in [2.05, 4.69) is 6.07 Å². The van der Waals surface area contributed by atoms with Crippen LogP contribution in [0.15, 0.2) is 6.07 Å². The summed E-state index contributed by atoms with van der Waals surface area (Å²) in [6.45, 7) is 4.43. The Kier molecular flexibility index (Phi) is 3.78. The van der Waals surface area contributed by atoms with Crippen molar-refractivity contribution in [2.75, 3.05) is 26.2 Å². The van der Waals surface area contributed by atoms with Gasteiger partial charge in [0.25, 0.3) is 5.91 Å². The summed E-state index contributed by atoms with van der Waals surface area (Å²) in [6, 6.07) is 2.09. The molecule has 0 bridgehead atoms. The molecule has 3 rings (SSSR count). The first-order valence-electron chi connectivity index (χ1n) is 7.31. The number of rotatable bonds is 1. The number of amides is 2. The second-order valence-electron chi connectivity index (χ2n) is 5.56. The summed E-state index contributed by atoms with van der Waals surface area (Å²) in [5.74, 6) is 0.254. The van der Waals surface area contributed by atoms with Crippen molar-refractivity contribution in [3.05, 3.63) is 21.4 Å². The third-order valence-electron chi connectivity index (χ3n) is 4.19. The lowest BCUT2D eigenvalue weighted by atomic mass is 10.2. The molecule has 1 aromatic heterocycles. The fourth-order valence-electron chi connectivity index (χ4n) is 3.03. The molecule has 1 aromatic rings. The molecule has 20 heavy (non-hydrogen) atoms. The van der Waals surface area contributed by atoms with E-state index in [0.717, 1.165) is 37.2 Å². The molecule has 0 unspecified atom stereocenters. The lowest BCUT2D eigenvalue weighted by Crippen LogP contribution is -2.36. The summed E-state index contributed by atoms with van der Waals surface area (Å²) >= 11 is 1.67. The number of hydrogen-bond acceptors (Lipinski definition) is 3. The van der Waals surface area contributed by atoms with Gasteiger partial charge in [0.05, 0.1) is 4.88 Å². The summed E-state index contributed by atoms with van der Waals surface area (Å²) in [4.78, 5) is 30.0. The molecule has 0 atom stereocenters. The van der Waals surface area contributed by atoms with Crippen LogP contribution in [0.1, 0.15) is 39.9 Å². The minimum Gasteiger partial charge on any atom is -0.341 e. The van der Waals surface area contributed by atoms with E-state index in [4.69, 9.17) is 0 Å². The van der Waals surface area contributed by atoms with Crippen LogP contribution < -0.4 is 0 Å². The Hall–Kier alpha value is -1.36. The van der Waals surface area contributed by atoms with Gasteiger partial charge in [-0.25, -0.2) is 0 Å². The Morgan fingerprint density at radius 2 is 1.80 bits per heavy atom. The van der Waals surface area contributed by atoms with Crippen LogP contribution in [0.4, 0.5) is 0 Å². The second kappa shape index (κ2) is 5.56. The third kappa shape index (κ3) is 2.59. The van der Waals surface area contributed by atoms with Gasteiger partial charge < -0.3 is 9.80 Å². The molecule has 0 spiro atoms. The van der Waals surface area contributed by atoms with E-state index in [0.29, 0.717) is 13.1 Å². The summed E-state index contributed by atoms with van der Waals surface area (Å²) in [5.41, 5.74) is 1.37. The summed E-state index contributed by atoms with van der Waals surface area (Å²) in [7, 11) is 0. The van der Waals surface area contributed by atoms with Crippen LogP contribution in [-0.2, 0) is 17.6 Å². The van der Waals surface area contributed by atoms with E-state index in [9.17, 15) is 9.59 Å². The van der Waals surface area contributed by atoms with E-state index in [-0.39, 0.29) is 11.8 Å². The number of nitrogens with zero attached hydrogens (tertiary/aromatic N) is 2. The van der Waals surface area contributed by atoms with Crippen LogP contribution in [0, 0.1) is 0 Å². The summed E-state index contributed by atoms with van der Waals surface area (Å²) < 4.78 is 0. The topological polar surface area (TPSA) is 40.6 Å². The standard InChI is InChI=1S/C15H20N2O2S/c1-11(18)16-6-3-7-17(9-8-16)15(19)14-10-12-4-2-5-13(12)20-14/h10H,2-9H2,1H3. The van der Waals surface area contributed by atoms with E-state index in [1.165, 1.54) is 16.9 Å². The Balaban J connectivity index is 1.69. The SMILES string of the molecule is CC(=O)N1CCCN(C(=O)c2cc3c(s2)CCC3)CC1. The number of carbonyl (C=O) groups excluding carboxylic acids is 2. The normalized spacial score (nSPS) is 18.9. The van der Waals surface area contributed by atoms with Crippen molar-refractivity contribution in [3.63, 3.8) is 0 Å². The molecule has 2 heterocycles. The van der Waals surface area contributed by atoms with Crippen LogP contribution in [0.5, 0.6) is 0 Å². The first kappa shape index (κ1) is 13.6. The minimum atomic E-state index is 0.106. The summed E-state index contributed by atoms with van der Waals surface area (Å²) in [5, 5.41) is 0. The van der Waals surface area contributed by atoms with Crippen molar-refractivity contribution in [1.29, 1.82) is 0 Å². The molecule has 5 heteroatoms. The fourth-order valence-corrected chi connectivity index (χ4v) is 4.25. The Morgan fingerprint density at radius 1 is 1.05 bits per heavy atom. The van der Waals surface area contributed by atoms with Crippen LogP contribution >= 0.6 is 11.3 Å². The lowest BCUT2D eigenvalue weighted by Gasteiger charge is -2.20. The molecule has 0 N–H and O–H groups in total. The maximum Gasteiger partial charge on any atom is 0.263 e. The average Bonchev–Trinajstić information content (AvgIpc) is 2.90. The Bertz CT molecular complexity index is 516. The highest BCUT2D eigenvalue weighted by atomic mass is 32.1. The molecular formula is C15H20N2O2S. The number of hydrogen-bond donors (Lipinski definition) is 0. The van der Waals surface area contributed by atoms with Gasteiger partial charge in [0.2, 0.25) is 5.91 Å². The molecule has 1 aliphatic carbocycles.